The quantitative estimate of drug-likeness (QED) is 0.917. The first-order valence-electron chi connectivity index (χ1n) is 7.54. The minimum Gasteiger partial charge on any atom is -0.485 e. The molecule has 7 heteroatoms. The Morgan fingerprint density at radius 1 is 1.30 bits per heavy atom. The van der Waals surface area contributed by atoms with Crippen LogP contribution in [0.25, 0.3) is 0 Å². The Morgan fingerprint density at radius 2 is 1.96 bits per heavy atom. The smallest absolute Gasteiger partial charge is 0.410 e. The third-order valence-corrected chi connectivity index (χ3v) is 3.29. The summed E-state index contributed by atoms with van der Waals surface area (Å²) >= 11 is 0. The summed E-state index contributed by atoms with van der Waals surface area (Å²) in [6.07, 6.45) is -0.420. The molecule has 1 saturated heterocycles. The highest BCUT2D eigenvalue weighted by Crippen LogP contribution is 2.22. The molecule has 0 unspecified atom stereocenters. The molecule has 1 aliphatic rings. The SMILES string of the molecule is CNC(=O)c1ccc(OC2CN(C(=O)OC(C)(C)C)C2)c(C)n1. The van der Waals surface area contributed by atoms with Gasteiger partial charge in [-0.2, -0.15) is 0 Å². The van der Waals surface area contributed by atoms with Crippen LogP contribution >= 0.6 is 0 Å². The van der Waals surface area contributed by atoms with Gasteiger partial charge in [0, 0.05) is 7.05 Å². The summed E-state index contributed by atoms with van der Waals surface area (Å²) in [5.41, 5.74) is 0.488. The lowest BCUT2D eigenvalue weighted by molar-refractivity contribution is -0.0223. The molecule has 0 atom stereocenters. The number of carbonyl (C=O) groups excluding carboxylic acids is 2. The molecule has 1 N–H and O–H groups in total. The number of likely N-dealkylation sites (tertiary alicyclic amines) is 1. The van der Waals surface area contributed by atoms with Crippen molar-refractivity contribution in [1.82, 2.24) is 15.2 Å². The fraction of sp³-hybridized carbons (Fsp3) is 0.562. The van der Waals surface area contributed by atoms with Gasteiger partial charge in [0.1, 0.15) is 23.1 Å². The first-order valence-corrected chi connectivity index (χ1v) is 7.54. The zero-order chi connectivity index (χ0) is 17.2. The van der Waals surface area contributed by atoms with Crippen LogP contribution in [0.1, 0.15) is 37.0 Å². The largest absolute Gasteiger partial charge is 0.485 e. The van der Waals surface area contributed by atoms with Crippen LogP contribution in [-0.4, -0.2) is 53.7 Å². The van der Waals surface area contributed by atoms with Gasteiger partial charge in [0.05, 0.1) is 18.8 Å². The molecule has 7 nitrogen and oxygen atoms in total. The Bertz CT molecular complexity index is 604. The van der Waals surface area contributed by atoms with Crippen LogP contribution in [-0.2, 0) is 4.74 Å². The van der Waals surface area contributed by atoms with Gasteiger partial charge in [-0.25, -0.2) is 9.78 Å². The average molecular weight is 321 g/mol. The molecule has 0 radical (unpaired) electrons. The normalized spacial score (nSPS) is 14.9. The lowest BCUT2D eigenvalue weighted by Gasteiger charge is -2.39. The molecule has 2 heterocycles. The van der Waals surface area contributed by atoms with Crippen molar-refractivity contribution in [2.45, 2.75) is 39.4 Å². The molecular weight excluding hydrogens is 298 g/mol. The summed E-state index contributed by atoms with van der Waals surface area (Å²) in [5, 5.41) is 2.53. The number of carbonyl (C=O) groups is 2. The van der Waals surface area contributed by atoms with Crippen molar-refractivity contribution in [3.05, 3.63) is 23.5 Å². The van der Waals surface area contributed by atoms with Crippen LogP contribution in [0.4, 0.5) is 4.79 Å². The second-order valence-electron chi connectivity index (χ2n) is 6.48. The molecule has 1 fully saturated rings. The van der Waals surface area contributed by atoms with E-state index in [1.54, 1.807) is 31.0 Å². The van der Waals surface area contributed by atoms with Crippen molar-refractivity contribution < 1.29 is 19.1 Å². The predicted molar refractivity (Wildman–Crippen MR) is 84.6 cm³/mol. The van der Waals surface area contributed by atoms with Crippen molar-refractivity contribution in [2.24, 2.45) is 0 Å². The summed E-state index contributed by atoms with van der Waals surface area (Å²) in [5.74, 6) is 0.380. The van der Waals surface area contributed by atoms with E-state index in [1.807, 2.05) is 20.8 Å². The molecule has 0 spiro atoms. The molecular formula is C16H23N3O4. The fourth-order valence-electron chi connectivity index (χ4n) is 2.10. The lowest BCUT2D eigenvalue weighted by Crippen LogP contribution is -2.57. The van der Waals surface area contributed by atoms with E-state index in [0.717, 1.165) is 0 Å². The third kappa shape index (κ3) is 4.34. The van der Waals surface area contributed by atoms with Gasteiger partial charge < -0.3 is 19.7 Å². The number of aromatic nitrogens is 1. The number of ether oxygens (including phenoxy) is 2. The summed E-state index contributed by atoms with van der Waals surface area (Å²) in [6, 6.07) is 3.34. The topological polar surface area (TPSA) is 80.8 Å². The van der Waals surface area contributed by atoms with Gasteiger partial charge in [-0.3, -0.25) is 4.79 Å². The second kappa shape index (κ2) is 6.44. The maximum atomic E-state index is 11.8. The van der Waals surface area contributed by atoms with Crippen molar-refractivity contribution >= 4 is 12.0 Å². The highest BCUT2D eigenvalue weighted by molar-refractivity contribution is 5.92. The summed E-state index contributed by atoms with van der Waals surface area (Å²) in [4.78, 5) is 29.2. The molecule has 2 rings (SSSR count). The van der Waals surface area contributed by atoms with Crippen LogP contribution in [0.2, 0.25) is 0 Å². The zero-order valence-electron chi connectivity index (χ0n) is 14.2. The molecule has 23 heavy (non-hydrogen) atoms. The van der Waals surface area contributed by atoms with E-state index in [-0.39, 0.29) is 18.1 Å². The van der Waals surface area contributed by atoms with Crippen LogP contribution in [0.5, 0.6) is 5.75 Å². The van der Waals surface area contributed by atoms with Gasteiger partial charge in [0.15, 0.2) is 0 Å². The van der Waals surface area contributed by atoms with Gasteiger partial charge >= 0.3 is 6.09 Å². The summed E-state index contributed by atoms with van der Waals surface area (Å²) < 4.78 is 11.1. The number of nitrogens with zero attached hydrogens (tertiary/aromatic N) is 2. The Hall–Kier alpha value is -2.31. The van der Waals surface area contributed by atoms with E-state index in [4.69, 9.17) is 9.47 Å². The molecule has 1 aromatic rings. The minimum absolute atomic E-state index is 0.0890. The van der Waals surface area contributed by atoms with Crippen LogP contribution in [0.3, 0.4) is 0 Å². The fourth-order valence-corrected chi connectivity index (χ4v) is 2.10. The maximum Gasteiger partial charge on any atom is 0.410 e. The first-order chi connectivity index (χ1) is 10.7. The highest BCUT2D eigenvalue weighted by Gasteiger charge is 2.35. The van der Waals surface area contributed by atoms with Crippen molar-refractivity contribution in [2.75, 3.05) is 20.1 Å². The van der Waals surface area contributed by atoms with E-state index < -0.39 is 5.60 Å². The number of rotatable bonds is 3. The average Bonchev–Trinajstić information content (AvgIpc) is 2.40. The Balaban J connectivity index is 1.88. The van der Waals surface area contributed by atoms with Crippen LogP contribution in [0, 0.1) is 6.92 Å². The number of hydrogen-bond acceptors (Lipinski definition) is 5. The molecule has 0 saturated carbocycles. The van der Waals surface area contributed by atoms with E-state index in [9.17, 15) is 9.59 Å². The molecule has 1 aromatic heterocycles. The van der Waals surface area contributed by atoms with E-state index in [1.165, 1.54) is 0 Å². The number of nitrogens with one attached hydrogen (secondary N) is 1. The van der Waals surface area contributed by atoms with Gasteiger partial charge in [-0.05, 0) is 39.8 Å². The van der Waals surface area contributed by atoms with E-state index in [0.29, 0.717) is 30.2 Å². The summed E-state index contributed by atoms with van der Waals surface area (Å²) in [6.45, 7) is 8.24. The van der Waals surface area contributed by atoms with Crippen LogP contribution < -0.4 is 10.1 Å². The van der Waals surface area contributed by atoms with E-state index in [2.05, 4.69) is 10.3 Å². The standard InChI is InChI=1S/C16H23N3O4/c1-10-13(7-6-12(18-10)14(20)17-5)22-11-8-19(9-11)15(21)23-16(2,3)4/h6-7,11H,8-9H2,1-5H3,(H,17,20). The van der Waals surface area contributed by atoms with Gasteiger partial charge in [0.2, 0.25) is 0 Å². The number of hydrogen-bond donors (Lipinski definition) is 1. The van der Waals surface area contributed by atoms with Gasteiger partial charge in [0.25, 0.3) is 5.91 Å². The van der Waals surface area contributed by atoms with Crippen molar-refractivity contribution in [1.29, 1.82) is 0 Å². The zero-order valence-corrected chi connectivity index (χ0v) is 14.2. The monoisotopic (exact) mass is 321 g/mol. The van der Waals surface area contributed by atoms with Crippen molar-refractivity contribution in [3.8, 4) is 5.75 Å². The highest BCUT2D eigenvalue weighted by atomic mass is 16.6. The number of aryl methyl sites for hydroxylation is 1. The first kappa shape index (κ1) is 17.1. The molecule has 0 aliphatic carbocycles. The molecule has 2 amide bonds. The Labute approximate surface area is 136 Å². The molecule has 1 aliphatic heterocycles. The van der Waals surface area contributed by atoms with Crippen LogP contribution in [0.15, 0.2) is 12.1 Å². The lowest BCUT2D eigenvalue weighted by atomic mass is 10.1. The number of amides is 2. The molecule has 0 aromatic carbocycles. The maximum absolute atomic E-state index is 11.8. The van der Waals surface area contributed by atoms with Gasteiger partial charge in [-0.15, -0.1) is 0 Å². The van der Waals surface area contributed by atoms with E-state index >= 15 is 0 Å². The summed E-state index contributed by atoms with van der Waals surface area (Å²) in [7, 11) is 1.56. The predicted octanol–water partition coefficient (Wildman–Crippen LogP) is 1.75. The third-order valence-electron chi connectivity index (χ3n) is 3.29. The molecule has 126 valence electrons. The molecule has 0 bridgehead atoms. The second-order valence-corrected chi connectivity index (χ2v) is 6.48. The Morgan fingerprint density at radius 3 is 2.48 bits per heavy atom. The number of pyridine rings is 1. The Kier molecular flexibility index (Phi) is 4.77. The minimum atomic E-state index is -0.501. The van der Waals surface area contributed by atoms with Crippen molar-refractivity contribution in [3.63, 3.8) is 0 Å². The van der Waals surface area contributed by atoms with Gasteiger partial charge in [-0.1, -0.05) is 0 Å².